The van der Waals surface area contributed by atoms with Gasteiger partial charge in [-0.15, -0.1) is 0 Å². The molecular formula is C21H17ClF4N4O2. The molecule has 0 fully saturated rings. The Morgan fingerprint density at radius 3 is 2.41 bits per heavy atom. The smallest absolute Gasteiger partial charge is 0.369 e. The summed E-state index contributed by atoms with van der Waals surface area (Å²) < 4.78 is 53.6. The third kappa shape index (κ3) is 4.80. The van der Waals surface area contributed by atoms with Crippen molar-refractivity contribution in [2.75, 3.05) is 0 Å². The SMILES string of the molecule is CC(C)(Cc1ccc(Cl)c(-c2nc(-c3ccc(C(F)(F)F)cn3)cc(=O)[nH]2)c1F)C(N)=O. The van der Waals surface area contributed by atoms with Crippen LogP contribution in [-0.4, -0.2) is 20.9 Å². The van der Waals surface area contributed by atoms with Crippen LogP contribution < -0.4 is 11.3 Å². The maximum atomic E-state index is 15.3. The second kappa shape index (κ2) is 8.34. The number of aromatic amines is 1. The molecule has 3 aromatic rings. The van der Waals surface area contributed by atoms with Crippen molar-refractivity contribution in [1.82, 2.24) is 15.0 Å². The first-order chi connectivity index (χ1) is 14.8. The van der Waals surface area contributed by atoms with Gasteiger partial charge in [0.15, 0.2) is 0 Å². The number of aromatic nitrogens is 3. The summed E-state index contributed by atoms with van der Waals surface area (Å²) in [6, 6.07) is 5.65. The highest BCUT2D eigenvalue weighted by atomic mass is 35.5. The first-order valence-corrected chi connectivity index (χ1v) is 9.59. The summed E-state index contributed by atoms with van der Waals surface area (Å²) in [6.07, 6.45) is -4.01. The number of H-pyrrole nitrogens is 1. The number of alkyl halides is 3. The molecule has 0 atom stereocenters. The third-order valence-electron chi connectivity index (χ3n) is 4.80. The molecule has 0 spiro atoms. The van der Waals surface area contributed by atoms with Gasteiger partial charge in [-0.05, 0) is 30.2 Å². The first kappa shape index (κ1) is 23.4. The van der Waals surface area contributed by atoms with Gasteiger partial charge in [0.05, 0.1) is 27.5 Å². The zero-order chi connectivity index (χ0) is 23.8. The Morgan fingerprint density at radius 2 is 1.84 bits per heavy atom. The van der Waals surface area contributed by atoms with Crippen molar-refractivity contribution in [3.63, 3.8) is 0 Å². The van der Waals surface area contributed by atoms with E-state index in [4.69, 9.17) is 17.3 Å². The van der Waals surface area contributed by atoms with E-state index in [1.807, 2.05) is 0 Å². The Balaban J connectivity index is 2.10. The molecule has 168 valence electrons. The first-order valence-electron chi connectivity index (χ1n) is 9.22. The summed E-state index contributed by atoms with van der Waals surface area (Å²) in [5.74, 6) is -1.68. The summed E-state index contributed by atoms with van der Waals surface area (Å²) in [7, 11) is 0. The molecule has 3 N–H and O–H groups in total. The van der Waals surface area contributed by atoms with Gasteiger partial charge < -0.3 is 10.7 Å². The molecule has 0 aliphatic carbocycles. The molecule has 3 rings (SSSR count). The highest BCUT2D eigenvalue weighted by molar-refractivity contribution is 6.33. The number of pyridine rings is 1. The fourth-order valence-corrected chi connectivity index (χ4v) is 3.17. The Morgan fingerprint density at radius 1 is 1.16 bits per heavy atom. The molecule has 6 nitrogen and oxygen atoms in total. The van der Waals surface area contributed by atoms with E-state index in [0.717, 1.165) is 18.2 Å². The van der Waals surface area contributed by atoms with Crippen LogP contribution in [0.15, 0.2) is 41.3 Å². The third-order valence-corrected chi connectivity index (χ3v) is 5.12. The molecule has 0 saturated carbocycles. The number of hydrogen-bond acceptors (Lipinski definition) is 4. The maximum Gasteiger partial charge on any atom is 0.417 e. The van der Waals surface area contributed by atoms with Crippen molar-refractivity contribution in [3.05, 3.63) is 68.8 Å². The van der Waals surface area contributed by atoms with Gasteiger partial charge in [0.25, 0.3) is 5.56 Å². The van der Waals surface area contributed by atoms with E-state index in [9.17, 15) is 22.8 Å². The van der Waals surface area contributed by atoms with Gasteiger partial charge in [0, 0.05) is 17.7 Å². The lowest BCUT2D eigenvalue weighted by atomic mass is 9.84. The van der Waals surface area contributed by atoms with Crippen LogP contribution in [-0.2, 0) is 17.4 Å². The van der Waals surface area contributed by atoms with Gasteiger partial charge >= 0.3 is 6.18 Å². The van der Waals surface area contributed by atoms with Crippen LogP contribution in [0.25, 0.3) is 22.8 Å². The zero-order valence-electron chi connectivity index (χ0n) is 16.8. The molecule has 0 aliphatic rings. The second-order valence-electron chi connectivity index (χ2n) is 7.73. The normalized spacial score (nSPS) is 12.1. The van der Waals surface area contributed by atoms with Gasteiger partial charge in [-0.25, -0.2) is 9.37 Å². The number of nitrogens with zero attached hydrogens (tertiary/aromatic N) is 2. The van der Waals surface area contributed by atoms with Gasteiger partial charge in [-0.1, -0.05) is 31.5 Å². The summed E-state index contributed by atoms with van der Waals surface area (Å²) in [4.78, 5) is 34.0. The van der Waals surface area contributed by atoms with Gasteiger partial charge in [0.1, 0.15) is 11.6 Å². The molecule has 1 amide bonds. The van der Waals surface area contributed by atoms with E-state index in [0.29, 0.717) is 6.20 Å². The summed E-state index contributed by atoms with van der Waals surface area (Å²) in [6.45, 7) is 3.11. The van der Waals surface area contributed by atoms with Crippen molar-refractivity contribution in [2.24, 2.45) is 11.1 Å². The molecule has 1 aromatic carbocycles. The second-order valence-corrected chi connectivity index (χ2v) is 8.14. The number of rotatable bonds is 5. The fraction of sp³-hybridized carbons (Fsp3) is 0.238. The number of nitrogens with one attached hydrogen (secondary N) is 1. The molecule has 11 heteroatoms. The average Bonchev–Trinajstić information content (AvgIpc) is 2.69. The number of carbonyl (C=O) groups is 1. The van der Waals surface area contributed by atoms with E-state index >= 15 is 4.39 Å². The molecular weight excluding hydrogens is 452 g/mol. The average molecular weight is 469 g/mol. The van der Waals surface area contributed by atoms with Crippen molar-refractivity contribution >= 4 is 17.5 Å². The molecule has 0 aliphatic heterocycles. The lowest BCUT2D eigenvalue weighted by molar-refractivity contribution is -0.137. The number of carbonyl (C=O) groups excluding carboxylic acids is 1. The van der Waals surface area contributed by atoms with E-state index < -0.39 is 34.4 Å². The lowest BCUT2D eigenvalue weighted by Crippen LogP contribution is -2.33. The van der Waals surface area contributed by atoms with Crippen LogP contribution in [0, 0.1) is 11.2 Å². The molecule has 32 heavy (non-hydrogen) atoms. The summed E-state index contributed by atoms with van der Waals surface area (Å²) in [5.41, 5.74) is 2.45. The van der Waals surface area contributed by atoms with E-state index in [2.05, 4.69) is 15.0 Å². The molecule has 0 radical (unpaired) electrons. The largest absolute Gasteiger partial charge is 0.417 e. The number of benzene rings is 1. The van der Waals surface area contributed by atoms with Gasteiger partial charge in [0.2, 0.25) is 5.91 Å². The minimum Gasteiger partial charge on any atom is -0.369 e. The van der Waals surface area contributed by atoms with Crippen LogP contribution in [0.5, 0.6) is 0 Å². The fourth-order valence-electron chi connectivity index (χ4n) is 2.93. The monoisotopic (exact) mass is 468 g/mol. The van der Waals surface area contributed by atoms with Gasteiger partial charge in [-0.2, -0.15) is 13.2 Å². The number of nitrogens with two attached hydrogens (primary N) is 1. The lowest BCUT2D eigenvalue weighted by Gasteiger charge is -2.21. The topological polar surface area (TPSA) is 102 Å². The number of primary amides is 1. The predicted octanol–water partition coefficient (Wildman–Crippen LogP) is 4.36. The summed E-state index contributed by atoms with van der Waals surface area (Å²) in [5, 5.41) is -0.0659. The predicted molar refractivity (Wildman–Crippen MR) is 110 cm³/mol. The van der Waals surface area contributed by atoms with Gasteiger partial charge in [-0.3, -0.25) is 14.6 Å². The molecule has 2 heterocycles. The highest BCUT2D eigenvalue weighted by Gasteiger charge is 2.31. The van der Waals surface area contributed by atoms with E-state index in [1.165, 1.54) is 12.1 Å². The van der Waals surface area contributed by atoms with Crippen molar-refractivity contribution < 1.29 is 22.4 Å². The number of hydrogen-bond donors (Lipinski definition) is 2. The van der Waals surface area contributed by atoms with Crippen molar-refractivity contribution in [2.45, 2.75) is 26.4 Å². The van der Waals surface area contributed by atoms with Crippen LogP contribution >= 0.6 is 11.6 Å². The summed E-state index contributed by atoms with van der Waals surface area (Å²) >= 11 is 6.16. The molecule has 0 bridgehead atoms. The van der Waals surface area contributed by atoms with Crippen LogP contribution in [0.2, 0.25) is 5.02 Å². The van der Waals surface area contributed by atoms with Crippen molar-refractivity contribution in [1.29, 1.82) is 0 Å². The molecule has 0 saturated heterocycles. The van der Waals surface area contributed by atoms with Crippen molar-refractivity contribution in [3.8, 4) is 22.8 Å². The minimum atomic E-state index is -4.58. The Bertz CT molecular complexity index is 1240. The highest BCUT2D eigenvalue weighted by Crippen LogP contribution is 2.34. The number of halogens is 5. The van der Waals surface area contributed by atoms with Crippen LogP contribution in [0.4, 0.5) is 17.6 Å². The quantitative estimate of drug-likeness (QED) is 0.543. The molecule has 0 unspecified atom stereocenters. The van der Waals surface area contributed by atoms with E-state index in [-0.39, 0.29) is 39.8 Å². The zero-order valence-corrected chi connectivity index (χ0v) is 17.6. The Labute approximate surface area is 184 Å². The number of amides is 1. The van der Waals surface area contributed by atoms with Crippen LogP contribution in [0.1, 0.15) is 25.0 Å². The maximum absolute atomic E-state index is 15.3. The standard InChI is InChI=1S/C21H17ClF4N4O2/c1-20(2,19(27)32)8-10-3-5-12(22)16(17(10)23)18-29-14(7-15(31)30-18)13-6-4-11(9-28-13)21(24,25)26/h3-7,9H,8H2,1-2H3,(H2,27,32)(H,29,30,31). The van der Waals surface area contributed by atoms with Crippen LogP contribution in [0.3, 0.4) is 0 Å². The Kier molecular flexibility index (Phi) is 6.10. The minimum absolute atomic E-state index is 0.0205. The Hall–Kier alpha value is -3.27. The molecule has 2 aromatic heterocycles. The van der Waals surface area contributed by atoms with E-state index in [1.54, 1.807) is 13.8 Å².